The minimum atomic E-state index is -0.392. The molecule has 2 nitrogen and oxygen atoms in total. The van der Waals surface area contributed by atoms with Crippen molar-refractivity contribution in [2.24, 2.45) is 0 Å². The number of aromatic amines is 1. The molecule has 0 saturated carbocycles. The summed E-state index contributed by atoms with van der Waals surface area (Å²) in [6, 6.07) is 10.2. The molecule has 0 spiro atoms. The summed E-state index contributed by atoms with van der Waals surface area (Å²) in [4.78, 5) is 15.6. The van der Waals surface area contributed by atoms with Crippen LogP contribution in [-0.4, -0.2) is 10.8 Å². The van der Waals surface area contributed by atoms with Crippen molar-refractivity contribution in [3.63, 3.8) is 0 Å². The Hall–Kier alpha value is -1.21. The molecule has 0 aliphatic heterocycles. The Kier molecular flexibility index (Phi) is 3.64. The Balaban J connectivity index is 2.21. The highest BCUT2D eigenvalue weighted by Crippen LogP contribution is 2.27. The summed E-state index contributed by atoms with van der Waals surface area (Å²) in [5, 5.41) is 0.341. The van der Waals surface area contributed by atoms with E-state index in [1.807, 2.05) is 12.1 Å². The first-order chi connectivity index (χ1) is 9.58. The van der Waals surface area contributed by atoms with Crippen molar-refractivity contribution >= 4 is 55.2 Å². The van der Waals surface area contributed by atoms with Gasteiger partial charge in [-0.15, -0.1) is 0 Å². The number of fused-ring (bicyclic) bond motifs is 1. The fourth-order valence-electron chi connectivity index (χ4n) is 2.14. The number of hydrogen-bond acceptors (Lipinski definition) is 1. The van der Waals surface area contributed by atoms with Gasteiger partial charge in [-0.25, -0.2) is 4.39 Å². The van der Waals surface area contributed by atoms with Crippen LogP contribution >= 0.6 is 38.5 Å². The van der Waals surface area contributed by atoms with Crippen LogP contribution in [0.5, 0.6) is 0 Å². The lowest BCUT2D eigenvalue weighted by Crippen LogP contribution is -2.03. The standard InChI is InChI=1S/C15H8BrFINO/c16-8-4-5-12(18)9(6-8)15(20)10-7-19-13-3-1-2-11(17)14(10)13/h1-7,19H. The van der Waals surface area contributed by atoms with Gasteiger partial charge in [0.1, 0.15) is 5.82 Å². The second-order valence-corrected chi connectivity index (χ2v) is 6.40. The molecule has 3 aromatic rings. The van der Waals surface area contributed by atoms with Gasteiger partial charge in [0.05, 0.1) is 5.56 Å². The maximum atomic E-state index is 14.0. The predicted molar refractivity (Wildman–Crippen MR) is 88.5 cm³/mol. The molecule has 1 heterocycles. The van der Waals surface area contributed by atoms with E-state index in [1.165, 1.54) is 6.07 Å². The smallest absolute Gasteiger partial charge is 0.196 e. The van der Waals surface area contributed by atoms with Crippen LogP contribution in [0, 0.1) is 9.39 Å². The number of carbonyl (C=O) groups excluding carboxylic acids is 1. The third kappa shape index (κ3) is 2.29. The molecular formula is C15H8BrFINO. The largest absolute Gasteiger partial charge is 0.360 e. The maximum Gasteiger partial charge on any atom is 0.196 e. The number of ketones is 1. The molecule has 0 unspecified atom stereocenters. The molecule has 0 radical (unpaired) electrons. The number of aromatic nitrogens is 1. The van der Waals surface area contributed by atoms with Crippen molar-refractivity contribution in [3.05, 3.63) is 67.6 Å². The Morgan fingerprint density at radius 2 is 2.00 bits per heavy atom. The fourth-order valence-corrected chi connectivity index (χ4v) is 3.08. The normalized spacial score (nSPS) is 10.9. The van der Waals surface area contributed by atoms with Gasteiger partial charge in [-0.1, -0.05) is 22.0 Å². The zero-order valence-corrected chi connectivity index (χ0v) is 13.8. The van der Waals surface area contributed by atoms with Gasteiger partial charge in [0, 0.05) is 30.7 Å². The van der Waals surface area contributed by atoms with Crippen molar-refractivity contribution < 1.29 is 9.18 Å². The molecule has 100 valence electrons. The summed E-state index contributed by atoms with van der Waals surface area (Å²) in [5.41, 5.74) is 1.54. The molecule has 1 N–H and O–H groups in total. The highest BCUT2D eigenvalue weighted by molar-refractivity contribution is 14.1. The molecule has 0 aliphatic carbocycles. The molecule has 0 atom stereocenters. The van der Waals surface area contributed by atoms with Crippen LogP contribution in [0.2, 0.25) is 0 Å². The molecule has 20 heavy (non-hydrogen) atoms. The minimum absolute atomic E-state index is 0.188. The van der Waals surface area contributed by atoms with Gasteiger partial charge in [0.2, 0.25) is 0 Å². The number of rotatable bonds is 2. The third-order valence-electron chi connectivity index (χ3n) is 3.07. The summed E-state index contributed by atoms with van der Waals surface area (Å²) in [5.74, 6) is -0.579. The molecule has 3 rings (SSSR count). The van der Waals surface area contributed by atoms with Crippen molar-refractivity contribution in [2.75, 3.05) is 0 Å². The first-order valence-corrected chi connectivity index (χ1v) is 7.70. The molecule has 5 heteroatoms. The fraction of sp³-hybridized carbons (Fsp3) is 0. The van der Waals surface area contributed by atoms with Crippen LogP contribution < -0.4 is 0 Å². The van der Waals surface area contributed by atoms with E-state index in [-0.39, 0.29) is 5.78 Å². The Morgan fingerprint density at radius 3 is 2.80 bits per heavy atom. The molecule has 1 aromatic heterocycles. The van der Waals surface area contributed by atoms with Crippen molar-refractivity contribution in [1.29, 1.82) is 0 Å². The lowest BCUT2D eigenvalue weighted by Gasteiger charge is -2.04. The van der Waals surface area contributed by atoms with Crippen molar-refractivity contribution in [2.45, 2.75) is 0 Å². The van der Waals surface area contributed by atoms with Gasteiger partial charge < -0.3 is 4.98 Å². The minimum Gasteiger partial charge on any atom is -0.360 e. The second kappa shape index (κ2) is 5.29. The SMILES string of the molecule is O=C(c1cc(Br)ccc1I)c1c[nH]c2cccc(F)c12. The zero-order chi connectivity index (χ0) is 14.3. The lowest BCUT2D eigenvalue weighted by atomic mass is 10.0. The van der Waals surface area contributed by atoms with E-state index in [0.29, 0.717) is 22.0 Å². The molecular weight excluding hydrogens is 436 g/mol. The summed E-state index contributed by atoms with van der Waals surface area (Å²) < 4.78 is 15.6. The molecule has 0 saturated heterocycles. The number of hydrogen-bond donors (Lipinski definition) is 1. The molecule has 0 amide bonds. The zero-order valence-electron chi connectivity index (χ0n) is 10.1. The number of benzene rings is 2. The van der Waals surface area contributed by atoms with Crippen LogP contribution in [0.1, 0.15) is 15.9 Å². The Bertz CT molecular complexity index is 828. The Labute approximate surface area is 136 Å². The van der Waals surface area contributed by atoms with Crippen molar-refractivity contribution in [3.8, 4) is 0 Å². The molecule has 2 aromatic carbocycles. The number of nitrogens with one attached hydrogen (secondary N) is 1. The van der Waals surface area contributed by atoms with Gasteiger partial charge in [0.25, 0.3) is 0 Å². The van der Waals surface area contributed by atoms with Gasteiger partial charge in [-0.2, -0.15) is 0 Å². The van der Waals surface area contributed by atoms with Crippen LogP contribution in [0.15, 0.2) is 47.1 Å². The van der Waals surface area contributed by atoms with Gasteiger partial charge in [0.15, 0.2) is 5.78 Å². The summed E-state index contributed by atoms with van der Waals surface area (Å²) in [6.45, 7) is 0. The van der Waals surface area contributed by atoms with E-state index >= 15 is 0 Å². The molecule has 0 bridgehead atoms. The van der Waals surface area contributed by atoms with Crippen LogP contribution in [-0.2, 0) is 0 Å². The summed E-state index contributed by atoms with van der Waals surface area (Å²) in [7, 11) is 0. The first-order valence-electron chi connectivity index (χ1n) is 5.83. The molecule has 0 aliphatic rings. The number of carbonyl (C=O) groups is 1. The monoisotopic (exact) mass is 443 g/mol. The second-order valence-electron chi connectivity index (χ2n) is 4.32. The Morgan fingerprint density at radius 1 is 1.20 bits per heavy atom. The maximum absolute atomic E-state index is 14.0. The number of H-pyrrole nitrogens is 1. The van der Waals surface area contributed by atoms with E-state index < -0.39 is 5.82 Å². The first kappa shape index (κ1) is 13.8. The average molecular weight is 444 g/mol. The summed E-state index contributed by atoms with van der Waals surface area (Å²) in [6.07, 6.45) is 1.56. The predicted octanol–water partition coefficient (Wildman–Crippen LogP) is 4.91. The van der Waals surface area contributed by atoms with Crippen LogP contribution in [0.3, 0.4) is 0 Å². The van der Waals surface area contributed by atoms with E-state index in [4.69, 9.17) is 0 Å². The van der Waals surface area contributed by atoms with Crippen LogP contribution in [0.25, 0.3) is 10.9 Å². The van der Waals surface area contributed by atoms with E-state index in [9.17, 15) is 9.18 Å². The van der Waals surface area contributed by atoms with Gasteiger partial charge in [-0.3, -0.25) is 4.79 Å². The van der Waals surface area contributed by atoms with Crippen molar-refractivity contribution in [1.82, 2.24) is 4.98 Å². The van der Waals surface area contributed by atoms with Gasteiger partial charge >= 0.3 is 0 Å². The summed E-state index contributed by atoms with van der Waals surface area (Å²) >= 11 is 5.46. The van der Waals surface area contributed by atoms with E-state index in [1.54, 1.807) is 24.4 Å². The average Bonchev–Trinajstić information content (AvgIpc) is 2.86. The van der Waals surface area contributed by atoms with Crippen LogP contribution in [0.4, 0.5) is 4.39 Å². The third-order valence-corrected chi connectivity index (χ3v) is 4.51. The highest BCUT2D eigenvalue weighted by atomic mass is 127. The lowest BCUT2D eigenvalue weighted by molar-refractivity contribution is 0.103. The van der Waals surface area contributed by atoms with E-state index in [2.05, 4.69) is 43.5 Å². The van der Waals surface area contributed by atoms with Gasteiger partial charge in [-0.05, 0) is 52.9 Å². The van der Waals surface area contributed by atoms with E-state index in [0.717, 1.165) is 8.04 Å². The number of halogens is 3. The quantitative estimate of drug-likeness (QED) is 0.443. The topological polar surface area (TPSA) is 32.9 Å². The highest BCUT2D eigenvalue weighted by Gasteiger charge is 2.19. The molecule has 0 fully saturated rings.